The van der Waals surface area contributed by atoms with Crippen LogP contribution in [0.3, 0.4) is 0 Å². The Labute approximate surface area is 150 Å². The van der Waals surface area contributed by atoms with Gasteiger partial charge in [0.2, 0.25) is 0 Å². The highest BCUT2D eigenvalue weighted by Crippen LogP contribution is 2.30. The Morgan fingerprint density at radius 2 is 2.00 bits per heavy atom. The number of nitro groups is 1. The quantitative estimate of drug-likeness (QED) is 0.408. The van der Waals surface area contributed by atoms with Crippen LogP contribution in [-0.2, 0) is 6.54 Å². The summed E-state index contributed by atoms with van der Waals surface area (Å²) >= 11 is 0. The lowest BCUT2D eigenvalue weighted by atomic mass is 10.1. The third kappa shape index (κ3) is 2.65. The standard InChI is InChI=1S/C20H18N4O2/c1-12-13(2)23-17-6-5-14(10-16(12)17)11-22-18-7-8-19(24(25)26)15-4-3-9-21-20(15)18/h3-10,22-23H,11H2,1-2H3. The van der Waals surface area contributed by atoms with Crippen LogP contribution in [0.25, 0.3) is 21.8 Å². The van der Waals surface area contributed by atoms with Gasteiger partial charge in [-0.15, -0.1) is 0 Å². The van der Waals surface area contributed by atoms with E-state index < -0.39 is 0 Å². The highest BCUT2D eigenvalue weighted by Gasteiger charge is 2.14. The molecule has 0 saturated heterocycles. The first kappa shape index (κ1) is 16.1. The van der Waals surface area contributed by atoms with E-state index in [9.17, 15) is 10.1 Å². The van der Waals surface area contributed by atoms with Crippen molar-refractivity contribution in [3.63, 3.8) is 0 Å². The topological polar surface area (TPSA) is 83.8 Å². The first-order chi connectivity index (χ1) is 12.5. The molecule has 4 aromatic rings. The second kappa shape index (κ2) is 6.15. The van der Waals surface area contributed by atoms with Crippen molar-refractivity contribution in [1.29, 1.82) is 0 Å². The first-order valence-electron chi connectivity index (χ1n) is 8.38. The van der Waals surface area contributed by atoms with Crippen LogP contribution in [0, 0.1) is 24.0 Å². The van der Waals surface area contributed by atoms with Crippen LogP contribution < -0.4 is 5.32 Å². The maximum absolute atomic E-state index is 11.2. The van der Waals surface area contributed by atoms with Gasteiger partial charge in [0.25, 0.3) is 5.69 Å². The maximum Gasteiger partial charge on any atom is 0.278 e. The number of hydrogen-bond acceptors (Lipinski definition) is 4. The molecule has 0 unspecified atom stereocenters. The minimum atomic E-state index is -0.376. The molecule has 6 nitrogen and oxygen atoms in total. The van der Waals surface area contributed by atoms with Crippen LogP contribution in [0.15, 0.2) is 48.7 Å². The summed E-state index contributed by atoms with van der Waals surface area (Å²) in [5.41, 5.74) is 6.16. The zero-order valence-corrected chi connectivity index (χ0v) is 14.5. The van der Waals surface area contributed by atoms with Gasteiger partial charge in [-0.1, -0.05) is 6.07 Å². The van der Waals surface area contributed by atoms with Gasteiger partial charge in [0.15, 0.2) is 0 Å². The Bertz CT molecular complexity index is 1150. The molecule has 6 heteroatoms. The Morgan fingerprint density at radius 3 is 2.81 bits per heavy atom. The largest absolute Gasteiger partial charge is 0.379 e. The first-order valence-corrected chi connectivity index (χ1v) is 8.38. The molecule has 0 amide bonds. The summed E-state index contributed by atoms with van der Waals surface area (Å²) in [6, 6.07) is 13.0. The van der Waals surface area contributed by atoms with Gasteiger partial charge in [-0.25, -0.2) is 0 Å². The predicted molar refractivity (Wildman–Crippen MR) is 103 cm³/mol. The predicted octanol–water partition coefficient (Wildman–Crippen LogP) is 4.85. The number of rotatable bonds is 4. The van der Waals surface area contributed by atoms with E-state index in [4.69, 9.17) is 0 Å². The van der Waals surface area contributed by atoms with E-state index in [-0.39, 0.29) is 10.6 Å². The molecule has 2 aromatic heterocycles. The number of nitrogens with zero attached hydrogens (tertiary/aromatic N) is 2. The molecule has 26 heavy (non-hydrogen) atoms. The monoisotopic (exact) mass is 346 g/mol. The molecule has 0 saturated carbocycles. The number of nitrogens with one attached hydrogen (secondary N) is 2. The number of aromatic amines is 1. The molecular weight excluding hydrogens is 328 g/mol. The van der Waals surface area contributed by atoms with Crippen molar-refractivity contribution in [2.24, 2.45) is 0 Å². The summed E-state index contributed by atoms with van der Waals surface area (Å²) in [7, 11) is 0. The minimum absolute atomic E-state index is 0.0680. The van der Waals surface area contributed by atoms with Gasteiger partial charge < -0.3 is 10.3 Å². The van der Waals surface area contributed by atoms with Crippen molar-refractivity contribution in [1.82, 2.24) is 9.97 Å². The number of non-ortho nitro benzene ring substituents is 1. The summed E-state index contributed by atoms with van der Waals surface area (Å²) < 4.78 is 0. The maximum atomic E-state index is 11.2. The molecule has 2 N–H and O–H groups in total. The number of anilines is 1. The fourth-order valence-electron chi connectivity index (χ4n) is 3.28. The number of benzene rings is 2. The Hall–Kier alpha value is -3.41. The number of pyridine rings is 1. The number of fused-ring (bicyclic) bond motifs is 2. The summed E-state index contributed by atoms with van der Waals surface area (Å²) in [5, 5.41) is 16.3. The van der Waals surface area contributed by atoms with Crippen molar-refractivity contribution in [2.75, 3.05) is 5.32 Å². The number of hydrogen-bond donors (Lipinski definition) is 2. The fraction of sp³-hybridized carbons (Fsp3) is 0.150. The molecule has 0 fully saturated rings. The van der Waals surface area contributed by atoms with E-state index in [1.807, 2.05) is 0 Å². The fourth-order valence-corrected chi connectivity index (χ4v) is 3.28. The van der Waals surface area contributed by atoms with Gasteiger partial charge in [0, 0.05) is 35.4 Å². The third-order valence-corrected chi connectivity index (χ3v) is 4.80. The number of aromatic nitrogens is 2. The van der Waals surface area contributed by atoms with Gasteiger partial charge >= 0.3 is 0 Å². The molecule has 0 spiro atoms. The molecule has 0 aliphatic carbocycles. The Kier molecular flexibility index (Phi) is 3.80. The van der Waals surface area contributed by atoms with Gasteiger partial charge in [-0.05, 0) is 55.3 Å². The zero-order valence-electron chi connectivity index (χ0n) is 14.5. The average Bonchev–Trinajstić information content (AvgIpc) is 2.93. The molecule has 2 aromatic carbocycles. The lowest BCUT2D eigenvalue weighted by Crippen LogP contribution is -2.01. The van der Waals surface area contributed by atoms with Crippen molar-refractivity contribution in [2.45, 2.75) is 20.4 Å². The van der Waals surface area contributed by atoms with Crippen LogP contribution >= 0.6 is 0 Å². The van der Waals surface area contributed by atoms with Crippen LogP contribution in [-0.4, -0.2) is 14.9 Å². The molecule has 0 aliphatic heterocycles. The van der Waals surface area contributed by atoms with Gasteiger partial charge in [0.1, 0.15) is 5.52 Å². The van der Waals surface area contributed by atoms with E-state index in [1.165, 1.54) is 22.7 Å². The van der Waals surface area contributed by atoms with E-state index in [2.05, 4.69) is 47.3 Å². The van der Waals surface area contributed by atoms with Crippen molar-refractivity contribution < 1.29 is 4.92 Å². The van der Waals surface area contributed by atoms with E-state index in [0.717, 1.165) is 16.8 Å². The molecular formula is C20H18N4O2. The third-order valence-electron chi connectivity index (χ3n) is 4.80. The minimum Gasteiger partial charge on any atom is -0.379 e. The summed E-state index contributed by atoms with van der Waals surface area (Å²) in [5.74, 6) is 0. The van der Waals surface area contributed by atoms with Gasteiger partial charge in [-0.2, -0.15) is 0 Å². The lowest BCUT2D eigenvalue weighted by Gasteiger charge is -2.10. The molecule has 0 radical (unpaired) electrons. The number of H-pyrrole nitrogens is 1. The van der Waals surface area contributed by atoms with Crippen LogP contribution in [0.2, 0.25) is 0 Å². The van der Waals surface area contributed by atoms with E-state index >= 15 is 0 Å². The SMILES string of the molecule is Cc1[nH]c2ccc(CNc3ccc([N+](=O)[O-])c4cccnc34)cc2c1C. The Balaban J connectivity index is 1.67. The smallest absolute Gasteiger partial charge is 0.278 e. The molecule has 130 valence electrons. The molecule has 2 heterocycles. The number of aryl methyl sites for hydroxylation is 2. The van der Waals surface area contributed by atoms with Crippen LogP contribution in [0.1, 0.15) is 16.8 Å². The van der Waals surface area contributed by atoms with Crippen molar-refractivity contribution in [3.05, 3.63) is 75.6 Å². The van der Waals surface area contributed by atoms with Crippen LogP contribution in [0.5, 0.6) is 0 Å². The van der Waals surface area contributed by atoms with E-state index in [1.54, 1.807) is 24.4 Å². The van der Waals surface area contributed by atoms with Crippen LogP contribution in [0.4, 0.5) is 11.4 Å². The highest BCUT2D eigenvalue weighted by molar-refractivity contribution is 5.96. The average molecular weight is 346 g/mol. The van der Waals surface area contributed by atoms with Gasteiger partial charge in [0.05, 0.1) is 16.0 Å². The van der Waals surface area contributed by atoms with E-state index in [0.29, 0.717) is 17.4 Å². The summed E-state index contributed by atoms with van der Waals surface area (Å²) in [4.78, 5) is 18.5. The number of nitro benzene ring substituents is 1. The van der Waals surface area contributed by atoms with Crippen molar-refractivity contribution >= 4 is 33.2 Å². The summed E-state index contributed by atoms with van der Waals surface area (Å²) in [6.45, 7) is 4.80. The molecule has 0 aliphatic rings. The Morgan fingerprint density at radius 1 is 1.15 bits per heavy atom. The lowest BCUT2D eigenvalue weighted by molar-refractivity contribution is -0.383. The van der Waals surface area contributed by atoms with Gasteiger partial charge in [-0.3, -0.25) is 15.1 Å². The second-order valence-electron chi connectivity index (χ2n) is 6.40. The zero-order chi connectivity index (χ0) is 18.3. The normalized spacial score (nSPS) is 11.2. The van der Waals surface area contributed by atoms with Crippen molar-refractivity contribution in [3.8, 4) is 0 Å². The molecule has 0 atom stereocenters. The second-order valence-corrected chi connectivity index (χ2v) is 6.40. The summed E-state index contributed by atoms with van der Waals surface area (Å²) in [6.07, 6.45) is 1.65. The molecule has 0 bridgehead atoms. The highest BCUT2D eigenvalue weighted by atomic mass is 16.6. The molecule has 4 rings (SSSR count).